The summed E-state index contributed by atoms with van der Waals surface area (Å²) in [5.74, 6) is 0.793. The molecule has 0 unspecified atom stereocenters. The van der Waals surface area contributed by atoms with Gasteiger partial charge in [0.05, 0.1) is 7.11 Å². The first-order valence-corrected chi connectivity index (χ1v) is 4.81. The standard InChI is InChI=1S/C12H17NO2.ClH/c1-8(2)6-11(13)10-5-4-9(14)7-12(10)15-3;/h4-5,7,11,14H,1,6,13H2,2-3H3;1H/t11-;/m1./s1. The molecule has 0 fully saturated rings. The predicted molar refractivity (Wildman–Crippen MR) is 68.3 cm³/mol. The second kappa shape index (κ2) is 6.40. The number of halogens is 1. The Morgan fingerprint density at radius 1 is 1.56 bits per heavy atom. The number of phenols is 1. The number of rotatable bonds is 4. The highest BCUT2D eigenvalue weighted by molar-refractivity contribution is 5.85. The third kappa shape index (κ3) is 3.76. The maximum atomic E-state index is 9.29. The average molecular weight is 244 g/mol. The lowest BCUT2D eigenvalue weighted by molar-refractivity contribution is 0.398. The highest BCUT2D eigenvalue weighted by atomic mass is 35.5. The van der Waals surface area contributed by atoms with Crippen LogP contribution in [-0.2, 0) is 0 Å². The van der Waals surface area contributed by atoms with E-state index in [1.807, 2.05) is 6.92 Å². The molecule has 3 N–H and O–H groups in total. The zero-order valence-corrected chi connectivity index (χ0v) is 10.4. The first-order valence-electron chi connectivity index (χ1n) is 4.81. The van der Waals surface area contributed by atoms with Gasteiger partial charge in [-0.2, -0.15) is 0 Å². The smallest absolute Gasteiger partial charge is 0.127 e. The van der Waals surface area contributed by atoms with Crippen LogP contribution in [0.2, 0.25) is 0 Å². The Morgan fingerprint density at radius 2 is 2.19 bits per heavy atom. The van der Waals surface area contributed by atoms with Crippen LogP contribution in [0, 0.1) is 0 Å². The molecule has 0 aliphatic heterocycles. The van der Waals surface area contributed by atoms with Crippen molar-refractivity contribution in [3.63, 3.8) is 0 Å². The lowest BCUT2D eigenvalue weighted by atomic mass is 10.0. The van der Waals surface area contributed by atoms with E-state index in [9.17, 15) is 5.11 Å². The van der Waals surface area contributed by atoms with E-state index < -0.39 is 0 Å². The third-order valence-corrected chi connectivity index (χ3v) is 2.18. The van der Waals surface area contributed by atoms with E-state index in [1.165, 1.54) is 0 Å². The van der Waals surface area contributed by atoms with Gasteiger partial charge in [-0.05, 0) is 19.4 Å². The summed E-state index contributed by atoms with van der Waals surface area (Å²) in [6.45, 7) is 5.76. The lowest BCUT2D eigenvalue weighted by Crippen LogP contribution is -2.11. The van der Waals surface area contributed by atoms with Gasteiger partial charge >= 0.3 is 0 Å². The molecule has 0 aliphatic carbocycles. The minimum Gasteiger partial charge on any atom is -0.508 e. The van der Waals surface area contributed by atoms with E-state index in [-0.39, 0.29) is 24.2 Å². The van der Waals surface area contributed by atoms with Crippen LogP contribution in [0.15, 0.2) is 30.4 Å². The lowest BCUT2D eigenvalue weighted by Gasteiger charge is -2.15. The van der Waals surface area contributed by atoms with E-state index in [1.54, 1.807) is 25.3 Å². The molecule has 1 rings (SSSR count). The summed E-state index contributed by atoms with van der Waals surface area (Å²) in [6.07, 6.45) is 0.709. The van der Waals surface area contributed by atoms with Gasteiger partial charge in [0, 0.05) is 17.7 Å². The minimum atomic E-state index is -0.141. The summed E-state index contributed by atoms with van der Waals surface area (Å²) in [5.41, 5.74) is 7.91. The topological polar surface area (TPSA) is 55.5 Å². The SMILES string of the molecule is C=C(C)C[C@@H](N)c1ccc(O)cc1OC.Cl. The summed E-state index contributed by atoms with van der Waals surface area (Å²) in [6, 6.07) is 4.81. The molecule has 3 nitrogen and oxygen atoms in total. The number of benzene rings is 1. The summed E-state index contributed by atoms with van der Waals surface area (Å²) in [7, 11) is 1.56. The van der Waals surface area contributed by atoms with Crippen molar-refractivity contribution in [3.8, 4) is 11.5 Å². The summed E-state index contributed by atoms with van der Waals surface area (Å²) in [5, 5.41) is 9.29. The summed E-state index contributed by atoms with van der Waals surface area (Å²) < 4.78 is 5.16. The molecule has 0 aromatic heterocycles. The maximum Gasteiger partial charge on any atom is 0.127 e. The first-order chi connectivity index (χ1) is 7.04. The van der Waals surface area contributed by atoms with E-state index in [0.717, 1.165) is 11.1 Å². The van der Waals surface area contributed by atoms with Crippen molar-refractivity contribution in [2.45, 2.75) is 19.4 Å². The van der Waals surface area contributed by atoms with E-state index in [4.69, 9.17) is 10.5 Å². The second-order valence-electron chi connectivity index (χ2n) is 3.69. The van der Waals surface area contributed by atoms with Crippen LogP contribution >= 0.6 is 12.4 Å². The van der Waals surface area contributed by atoms with Gasteiger partial charge in [0.1, 0.15) is 11.5 Å². The van der Waals surface area contributed by atoms with Crippen molar-refractivity contribution in [1.29, 1.82) is 0 Å². The molecule has 0 aliphatic rings. The molecule has 16 heavy (non-hydrogen) atoms. The monoisotopic (exact) mass is 243 g/mol. The Morgan fingerprint density at radius 3 is 2.69 bits per heavy atom. The van der Waals surface area contributed by atoms with Gasteiger partial charge in [-0.25, -0.2) is 0 Å². The van der Waals surface area contributed by atoms with Crippen LogP contribution < -0.4 is 10.5 Å². The van der Waals surface area contributed by atoms with Crippen molar-refractivity contribution < 1.29 is 9.84 Å². The largest absolute Gasteiger partial charge is 0.508 e. The van der Waals surface area contributed by atoms with Gasteiger partial charge in [0.2, 0.25) is 0 Å². The van der Waals surface area contributed by atoms with Crippen molar-refractivity contribution in [2.24, 2.45) is 5.73 Å². The molecule has 0 saturated heterocycles. The van der Waals surface area contributed by atoms with Crippen LogP contribution in [0.3, 0.4) is 0 Å². The fourth-order valence-corrected chi connectivity index (χ4v) is 1.49. The van der Waals surface area contributed by atoms with Crippen LogP contribution in [0.5, 0.6) is 11.5 Å². The van der Waals surface area contributed by atoms with Crippen LogP contribution in [-0.4, -0.2) is 12.2 Å². The molecule has 1 aromatic rings. The first kappa shape index (κ1) is 14.8. The Kier molecular flexibility index (Phi) is 5.93. The van der Waals surface area contributed by atoms with E-state index >= 15 is 0 Å². The summed E-state index contributed by atoms with van der Waals surface area (Å²) >= 11 is 0. The van der Waals surface area contributed by atoms with Crippen molar-refractivity contribution in [2.75, 3.05) is 7.11 Å². The van der Waals surface area contributed by atoms with E-state index in [0.29, 0.717) is 12.2 Å². The quantitative estimate of drug-likeness (QED) is 0.800. The van der Waals surface area contributed by atoms with Crippen LogP contribution in [0.25, 0.3) is 0 Å². The van der Waals surface area contributed by atoms with Gasteiger partial charge in [-0.3, -0.25) is 0 Å². The molecular weight excluding hydrogens is 226 g/mol. The molecule has 0 radical (unpaired) electrons. The van der Waals surface area contributed by atoms with Crippen molar-refractivity contribution in [1.82, 2.24) is 0 Å². The number of hydrogen-bond acceptors (Lipinski definition) is 3. The molecule has 0 bridgehead atoms. The molecular formula is C12H18ClNO2. The fraction of sp³-hybridized carbons (Fsp3) is 0.333. The number of aromatic hydroxyl groups is 1. The zero-order valence-electron chi connectivity index (χ0n) is 9.56. The van der Waals surface area contributed by atoms with Gasteiger partial charge in [-0.15, -0.1) is 19.0 Å². The number of hydrogen-bond donors (Lipinski definition) is 2. The Balaban J connectivity index is 0.00000225. The molecule has 4 heteroatoms. The second-order valence-corrected chi connectivity index (χ2v) is 3.69. The van der Waals surface area contributed by atoms with Crippen molar-refractivity contribution >= 4 is 12.4 Å². The predicted octanol–water partition coefficient (Wildman–Crippen LogP) is 2.79. The minimum absolute atomic E-state index is 0. The molecule has 0 amide bonds. The Labute approximate surface area is 102 Å². The molecule has 0 saturated carbocycles. The van der Waals surface area contributed by atoms with E-state index in [2.05, 4.69) is 6.58 Å². The normalized spacial score (nSPS) is 11.4. The fourth-order valence-electron chi connectivity index (χ4n) is 1.49. The number of nitrogens with two attached hydrogens (primary N) is 1. The molecule has 0 heterocycles. The Hall–Kier alpha value is -1.19. The number of methoxy groups -OCH3 is 1. The molecule has 1 atom stereocenters. The average Bonchev–Trinajstić information content (AvgIpc) is 2.16. The van der Waals surface area contributed by atoms with Gasteiger partial charge in [0.25, 0.3) is 0 Å². The highest BCUT2D eigenvalue weighted by Gasteiger charge is 2.12. The van der Waals surface area contributed by atoms with Gasteiger partial charge < -0.3 is 15.6 Å². The third-order valence-electron chi connectivity index (χ3n) is 2.18. The molecule has 0 spiro atoms. The number of ether oxygens (including phenoxy) is 1. The molecule has 90 valence electrons. The summed E-state index contributed by atoms with van der Waals surface area (Å²) in [4.78, 5) is 0. The maximum absolute atomic E-state index is 9.29. The molecule has 1 aromatic carbocycles. The zero-order chi connectivity index (χ0) is 11.4. The van der Waals surface area contributed by atoms with Gasteiger partial charge in [0.15, 0.2) is 0 Å². The van der Waals surface area contributed by atoms with Crippen molar-refractivity contribution in [3.05, 3.63) is 35.9 Å². The van der Waals surface area contributed by atoms with Gasteiger partial charge in [-0.1, -0.05) is 11.6 Å². The van der Waals surface area contributed by atoms with Crippen LogP contribution in [0.1, 0.15) is 24.9 Å². The number of phenolic OH excluding ortho intramolecular Hbond substituents is 1. The Bertz CT molecular complexity index is 366. The van der Waals surface area contributed by atoms with Crippen LogP contribution in [0.4, 0.5) is 0 Å². The highest BCUT2D eigenvalue weighted by Crippen LogP contribution is 2.30.